The van der Waals surface area contributed by atoms with E-state index in [9.17, 15) is 34.1 Å². The Kier molecular flexibility index (Phi) is 14.8. The van der Waals surface area contributed by atoms with Crippen LogP contribution < -0.4 is 27.5 Å². The number of likely N-dealkylation sites (tertiary alicyclic amines) is 2. The van der Waals surface area contributed by atoms with Crippen molar-refractivity contribution in [1.29, 1.82) is 0 Å². The number of hydrazine groups is 1. The third kappa shape index (κ3) is 10.9. The van der Waals surface area contributed by atoms with Crippen molar-refractivity contribution in [3.8, 4) is 0 Å². The van der Waals surface area contributed by atoms with Gasteiger partial charge in [-0.1, -0.05) is 32.6 Å². The molecular weight excluding hydrogens is 578 g/mol. The van der Waals surface area contributed by atoms with E-state index in [1.807, 2.05) is 20.8 Å². The number of nitrogens with zero attached hydrogens (tertiary/aromatic N) is 4. The number of amides is 4. The number of guanidine groups is 1. The molecule has 2 aliphatic heterocycles. The summed E-state index contributed by atoms with van der Waals surface area (Å²) in [5.41, 5.74) is 13.1. The summed E-state index contributed by atoms with van der Waals surface area (Å²) in [6.45, 7) is 6.20. The number of unbranched alkanes of at least 4 members (excludes halogenated alkanes) is 1. The van der Waals surface area contributed by atoms with Crippen LogP contribution in [0.2, 0.25) is 0 Å². The van der Waals surface area contributed by atoms with E-state index >= 15 is 0 Å². The zero-order chi connectivity index (χ0) is 32.8. The number of hydrogen-bond donors (Lipinski definition) is 5. The van der Waals surface area contributed by atoms with Gasteiger partial charge in [0.25, 0.3) is 5.96 Å². The molecule has 248 valence electrons. The van der Waals surface area contributed by atoms with Crippen molar-refractivity contribution in [2.24, 2.45) is 22.4 Å². The fraction of sp³-hybridized carbons (Fsp3) is 0.778. The van der Waals surface area contributed by atoms with Crippen LogP contribution in [0.4, 0.5) is 0 Å². The molecule has 4 atom stereocenters. The van der Waals surface area contributed by atoms with Gasteiger partial charge in [0, 0.05) is 19.6 Å². The van der Waals surface area contributed by atoms with E-state index in [1.54, 1.807) is 5.43 Å². The number of aliphatic imine (C=N–C) groups is 1. The molecule has 0 aromatic rings. The molecule has 17 heteroatoms. The summed E-state index contributed by atoms with van der Waals surface area (Å²) < 4.78 is 5.30. The zero-order valence-corrected chi connectivity index (χ0v) is 25.8. The minimum atomic E-state index is -1.03. The summed E-state index contributed by atoms with van der Waals surface area (Å²) >= 11 is 0. The summed E-state index contributed by atoms with van der Waals surface area (Å²) in [5.74, 6) is -2.86. The monoisotopic (exact) mass is 625 g/mol. The number of ether oxygens (including phenoxy) is 1. The van der Waals surface area contributed by atoms with Gasteiger partial charge < -0.3 is 36.6 Å². The molecule has 17 nitrogen and oxygen atoms in total. The zero-order valence-electron chi connectivity index (χ0n) is 25.8. The number of nitro groups is 1. The first kappa shape index (κ1) is 36.2. The van der Waals surface area contributed by atoms with Gasteiger partial charge in [0.05, 0.1) is 19.2 Å². The van der Waals surface area contributed by atoms with Crippen LogP contribution in [-0.2, 0) is 28.7 Å². The van der Waals surface area contributed by atoms with Gasteiger partial charge in [-0.25, -0.2) is 19.9 Å². The maximum absolute atomic E-state index is 13.3. The molecule has 0 bridgehead atoms. The fourth-order valence-electron chi connectivity index (χ4n) is 5.06. The Morgan fingerprint density at radius 2 is 1.68 bits per heavy atom. The lowest BCUT2D eigenvalue weighted by Crippen LogP contribution is -2.55. The second-order valence-corrected chi connectivity index (χ2v) is 11.3. The maximum atomic E-state index is 13.3. The number of esters is 1. The van der Waals surface area contributed by atoms with Gasteiger partial charge in [0.1, 0.15) is 18.1 Å². The summed E-state index contributed by atoms with van der Waals surface area (Å²) in [7, 11) is 0. The molecule has 2 fully saturated rings. The predicted molar refractivity (Wildman–Crippen MR) is 159 cm³/mol. The van der Waals surface area contributed by atoms with Crippen LogP contribution in [0.5, 0.6) is 0 Å². The van der Waals surface area contributed by atoms with Gasteiger partial charge in [-0.15, -0.1) is 0 Å². The fourth-order valence-corrected chi connectivity index (χ4v) is 5.06. The number of hydrogen-bond acceptors (Lipinski definition) is 10. The normalized spacial score (nSPS) is 19.8. The van der Waals surface area contributed by atoms with Gasteiger partial charge in [-0.2, -0.15) is 0 Å². The van der Waals surface area contributed by atoms with E-state index in [-0.39, 0.29) is 50.3 Å². The molecule has 0 aliphatic carbocycles. The lowest BCUT2D eigenvalue weighted by Gasteiger charge is -2.29. The predicted octanol–water partition coefficient (Wildman–Crippen LogP) is -1.23. The first-order chi connectivity index (χ1) is 20.9. The maximum Gasteiger partial charge on any atom is 0.328 e. The first-order valence-corrected chi connectivity index (χ1v) is 15.2. The van der Waals surface area contributed by atoms with Crippen molar-refractivity contribution in [2.75, 3.05) is 32.8 Å². The van der Waals surface area contributed by atoms with Crippen LogP contribution >= 0.6 is 0 Å². The van der Waals surface area contributed by atoms with E-state index < -0.39 is 52.9 Å². The highest BCUT2D eigenvalue weighted by Crippen LogP contribution is 2.21. The van der Waals surface area contributed by atoms with E-state index in [1.165, 1.54) is 9.80 Å². The standard InChI is InChI=1S/C27H47N9O8/c1-4-5-15-44-26(41)18(9-6-12-30-27(29)33-36(42)43)32-24(39)20-11-7-13-34(20)21(37)16-31-23(38)19-10-8-14-35(19)25(40)22(28)17(2)3/h17-20,22H,4-16,28H2,1-3H3,(H,31,38)(H,32,39)(H3,29,30,33)/t18-,19-,20-,22-/m0/s1. The smallest absolute Gasteiger partial charge is 0.328 e. The van der Waals surface area contributed by atoms with Crippen LogP contribution in [0.1, 0.15) is 72.1 Å². The highest BCUT2D eigenvalue weighted by molar-refractivity contribution is 5.94. The Morgan fingerprint density at radius 3 is 2.30 bits per heavy atom. The van der Waals surface area contributed by atoms with Gasteiger partial charge in [0.15, 0.2) is 5.03 Å². The molecule has 7 N–H and O–H groups in total. The topological polar surface area (TPSA) is 245 Å². The summed E-state index contributed by atoms with van der Waals surface area (Å²) in [6, 6.07) is -3.32. The molecule has 0 unspecified atom stereocenters. The minimum absolute atomic E-state index is 0.0580. The SMILES string of the molecule is CCCCOC(=O)[C@H](CCCN=C(N)N[N+](=O)[O-])NC(=O)[C@@H]1CCCN1C(=O)CNC(=O)[C@@H]1CCCN1C(=O)[C@@H](N)C(C)C. The van der Waals surface area contributed by atoms with Crippen molar-refractivity contribution >= 4 is 35.6 Å². The molecule has 0 spiro atoms. The van der Waals surface area contributed by atoms with E-state index in [2.05, 4.69) is 15.6 Å². The molecule has 2 heterocycles. The van der Waals surface area contributed by atoms with Gasteiger partial charge in [0.2, 0.25) is 23.6 Å². The molecule has 2 aliphatic rings. The van der Waals surface area contributed by atoms with E-state index in [0.717, 1.165) is 6.42 Å². The van der Waals surface area contributed by atoms with Gasteiger partial charge in [-0.3, -0.25) is 19.2 Å². The highest BCUT2D eigenvalue weighted by atomic mass is 16.7. The summed E-state index contributed by atoms with van der Waals surface area (Å²) in [5, 5.41) is 14.9. The quantitative estimate of drug-likeness (QED) is 0.0339. The van der Waals surface area contributed by atoms with E-state index in [0.29, 0.717) is 45.2 Å². The molecule has 0 saturated carbocycles. The lowest BCUT2D eigenvalue weighted by molar-refractivity contribution is -0.525. The highest BCUT2D eigenvalue weighted by Gasteiger charge is 2.39. The molecule has 0 aromatic carbocycles. The van der Waals surface area contributed by atoms with Crippen molar-refractivity contribution < 1.29 is 33.7 Å². The average Bonchev–Trinajstić information content (AvgIpc) is 3.66. The number of nitrogens with one attached hydrogen (secondary N) is 3. The molecular formula is C27H47N9O8. The van der Waals surface area contributed by atoms with Crippen molar-refractivity contribution in [3.05, 3.63) is 10.1 Å². The number of nitrogens with two attached hydrogens (primary N) is 2. The van der Waals surface area contributed by atoms with Crippen LogP contribution in [0, 0.1) is 16.0 Å². The van der Waals surface area contributed by atoms with Gasteiger partial charge >= 0.3 is 5.97 Å². The van der Waals surface area contributed by atoms with Gasteiger partial charge in [-0.05, 0) is 50.9 Å². The molecule has 0 aromatic heterocycles. The summed E-state index contributed by atoms with van der Waals surface area (Å²) in [4.78, 5) is 81.9. The second-order valence-electron chi connectivity index (χ2n) is 11.3. The molecule has 0 radical (unpaired) electrons. The van der Waals surface area contributed by atoms with Crippen molar-refractivity contribution in [3.63, 3.8) is 0 Å². The Hall–Kier alpha value is -4.02. The third-order valence-electron chi connectivity index (χ3n) is 7.61. The minimum Gasteiger partial charge on any atom is -0.464 e. The number of carbonyl (C=O) groups is 5. The van der Waals surface area contributed by atoms with Crippen LogP contribution in [-0.4, -0.2) is 107 Å². The Bertz CT molecular complexity index is 1070. The first-order valence-electron chi connectivity index (χ1n) is 15.2. The number of rotatable bonds is 16. The Balaban J connectivity index is 1.98. The van der Waals surface area contributed by atoms with Crippen molar-refractivity contribution in [1.82, 2.24) is 25.9 Å². The Morgan fingerprint density at radius 1 is 1.05 bits per heavy atom. The summed E-state index contributed by atoms with van der Waals surface area (Å²) in [6.07, 6.45) is 3.87. The molecule has 4 amide bonds. The molecule has 44 heavy (non-hydrogen) atoms. The lowest BCUT2D eigenvalue weighted by atomic mass is 10.0. The van der Waals surface area contributed by atoms with Crippen LogP contribution in [0.3, 0.4) is 0 Å². The Labute approximate surface area is 257 Å². The average molecular weight is 626 g/mol. The molecule has 2 rings (SSSR count). The third-order valence-corrected chi connectivity index (χ3v) is 7.61. The second kappa shape index (κ2) is 17.9. The molecule has 2 saturated heterocycles. The number of carbonyl (C=O) groups excluding carboxylic acids is 5. The van der Waals surface area contributed by atoms with Crippen LogP contribution in [0.25, 0.3) is 0 Å². The van der Waals surface area contributed by atoms with Crippen molar-refractivity contribution in [2.45, 2.75) is 96.3 Å². The van der Waals surface area contributed by atoms with E-state index in [4.69, 9.17) is 16.2 Å². The largest absolute Gasteiger partial charge is 0.464 e. The van der Waals surface area contributed by atoms with Crippen LogP contribution in [0.15, 0.2) is 4.99 Å².